The SMILES string of the molecule is CCC(C)N1CC(C)(C)NCC1CC. The van der Waals surface area contributed by atoms with Crippen molar-refractivity contribution in [3.05, 3.63) is 0 Å². The summed E-state index contributed by atoms with van der Waals surface area (Å²) in [6, 6.07) is 1.46. The summed E-state index contributed by atoms with van der Waals surface area (Å²) < 4.78 is 0. The fraction of sp³-hybridized carbons (Fsp3) is 1.00. The summed E-state index contributed by atoms with van der Waals surface area (Å²) in [5.74, 6) is 0. The predicted octanol–water partition coefficient (Wildman–Crippen LogP) is 2.25. The summed E-state index contributed by atoms with van der Waals surface area (Å²) in [5.41, 5.74) is 0.287. The van der Waals surface area contributed by atoms with Crippen LogP contribution in [0.1, 0.15) is 47.5 Å². The van der Waals surface area contributed by atoms with Crippen molar-refractivity contribution in [2.24, 2.45) is 0 Å². The minimum atomic E-state index is 0.287. The molecule has 0 aliphatic carbocycles. The first kappa shape index (κ1) is 12.0. The van der Waals surface area contributed by atoms with Crippen LogP contribution in [0.4, 0.5) is 0 Å². The van der Waals surface area contributed by atoms with E-state index in [1.54, 1.807) is 0 Å². The van der Waals surface area contributed by atoms with Crippen LogP contribution in [0.2, 0.25) is 0 Å². The maximum atomic E-state index is 3.63. The fourth-order valence-electron chi connectivity index (χ4n) is 2.28. The molecule has 2 atom stereocenters. The van der Waals surface area contributed by atoms with Crippen molar-refractivity contribution in [3.63, 3.8) is 0 Å². The van der Waals surface area contributed by atoms with E-state index in [2.05, 4.69) is 44.8 Å². The first-order valence-corrected chi connectivity index (χ1v) is 6.01. The Morgan fingerprint density at radius 1 is 1.43 bits per heavy atom. The standard InChI is InChI=1S/C12H26N2/c1-6-10(3)14-9-12(4,5)13-8-11(14)7-2/h10-11,13H,6-9H2,1-5H3. The van der Waals surface area contributed by atoms with Gasteiger partial charge in [0, 0.05) is 30.7 Å². The zero-order valence-electron chi connectivity index (χ0n) is 10.4. The van der Waals surface area contributed by atoms with E-state index in [9.17, 15) is 0 Å². The Bertz CT molecular complexity index is 177. The summed E-state index contributed by atoms with van der Waals surface area (Å²) in [4.78, 5) is 2.68. The molecule has 1 N–H and O–H groups in total. The van der Waals surface area contributed by atoms with Gasteiger partial charge in [0.2, 0.25) is 0 Å². The molecule has 1 aliphatic heterocycles. The zero-order valence-corrected chi connectivity index (χ0v) is 10.4. The first-order valence-electron chi connectivity index (χ1n) is 6.01. The molecule has 0 aromatic heterocycles. The molecular formula is C12H26N2. The molecule has 0 aromatic rings. The second-order valence-corrected chi connectivity index (χ2v) is 5.26. The molecule has 0 aromatic carbocycles. The van der Waals surface area contributed by atoms with E-state index in [1.807, 2.05) is 0 Å². The van der Waals surface area contributed by atoms with E-state index in [0.29, 0.717) is 0 Å². The number of hydrogen-bond acceptors (Lipinski definition) is 2. The summed E-state index contributed by atoms with van der Waals surface area (Å²) in [6.45, 7) is 13.9. The number of piperazine rings is 1. The third-order valence-electron chi connectivity index (χ3n) is 3.49. The van der Waals surface area contributed by atoms with Crippen LogP contribution in [0.15, 0.2) is 0 Å². The third-order valence-corrected chi connectivity index (χ3v) is 3.49. The molecule has 0 bridgehead atoms. The van der Waals surface area contributed by atoms with E-state index in [-0.39, 0.29) is 5.54 Å². The molecule has 1 fully saturated rings. The van der Waals surface area contributed by atoms with E-state index in [0.717, 1.165) is 18.6 Å². The summed E-state index contributed by atoms with van der Waals surface area (Å²) in [7, 11) is 0. The van der Waals surface area contributed by atoms with Gasteiger partial charge in [-0.15, -0.1) is 0 Å². The maximum Gasteiger partial charge on any atom is 0.0253 e. The van der Waals surface area contributed by atoms with Gasteiger partial charge in [-0.1, -0.05) is 13.8 Å². The fourth-order valence-corrected chi connectivity index (χ4v) is 2.28. The number of nitrogens with zero attached hydrogens (tertiary/aromatic N) is 1. The number of nitrogens with one attached hydrogen (secondary N) is 1. The van der Waals surface area contributed by atoms with Crippen LogP contribution >= 0.6 is 0 Å². The topological polar surface area (TPSA) is 15.3 Å². The molecular weight excluding hydrogens is 172 g/mol. The van der Waals surface area contributed by atoms with Gasteiger partial charge < -0.3 is 5.32 Å². The van der Waals surface area contributed by atoms with Crippen molar-refractivity contribution in [2.45, 2.75) is 65.1 Å². The van der Waals surface area contributed by atoms with Crippen LogP contribution < -0.4 is 5.32 Å². The van der Waals surface area contributed by atoms with E-state index in [4.69, 9.17) is 0 Å². The third kappa shape index (κ3) is 2.71. The molecule has 0 spiro atoms. The Hall–Kier alpha value is -0.0800. The lowest BCUT2D eigenvalue weighted by Crippen LogP contribution is -2.63. The number of hydrogen-bond donors (Lipinski definition) is 1. The van der Waals surface area contributed by atoms with Crippen molar-refractivity contribution < 1.29 is 0 Å². The van der Waals surface area contributed by atoms with Crippen LogP contribution in [0.3, 0.4) is 0 Å². The van der Waals surface area contributed by atoms with Gasteiger partial charge in [-0.25, -0.2) is 0 Å². The molecule has 14 heavy (non-hydrogen) atoms. The van der Waals surface area contributed by atoms with Crippen LogP contribution in [0, 0.1) is 0 Å². The van der Waals surface area contributed by atoms with Gasteiger partial charge in [0.1, 0.15) is 0 Å². The van der Waals surface area contributed by atoms with Crippen LogP contribution in [0.5, 0.6) is 0 Å². The molecule has 1 heterocycles. The lowest BCUT2D eigenvalue weighted by Gasteiger charge is -2.47. The highest BCUT2D eigenvalue weighted by atomic mass is 15.3. The van der Waals surface area contributed by atoms with Gasteiger partial charge in [0.05, 0.1) is 0 Å². The smallest absolute Gasteiger partial charge is 0.0253 e. The normalized spacial score (nSPS) is 30.2. The van der Waals surface area contributed by atoms with Gasteiger partial charge in [0.25, 0.3) is 0 Å². The minimum absolute atomic E-state index is 0.287. The largest absolute Gasteiger partial charge is 0.309 e. The number of rotatable bonds is 3. The molecule has 2 heteroatoms. The van der Waals surface area contributed by atoms with Gasteiger partial charge in [-0.2, -0.15) is 0 Å². The van der Waals surface area contributed by atoms with Crippen molar-refractivity contribution in [2.75, 3.05) is 13.1 Å². The van der Waals surface area contributed by atoms with E-state index in [1.165, 1.54) is 19.4 Å². The van der Waals surface area contributed by atoms with Crippen molar-refractivity contribution in [3.8, 4) is 0 Å². The summed E-state index contributed by atoms with van der Waals surface area (Å²) in [5, 5.41) is 3.63. The quantitative estimate of drug-likeness (QED) is 0.748. The molecule has 0 saturated carbocycles. The molecule has 1 rings (SSSR count). The van der Waals surface area contributed by atoms with Gasteiger partial charge in [-0.05, 0) is 33.6 Å². The first-order chi connectivity index (χ1) is 6.50. The van der Waals surface area contributed by atoms with Crippen LogP contribution in [0.25, 0.3) is 0 Å². The van der Waals surface area contributed by atoms with E-state index < -0.39 is 0 Å². The summed E-state index contributed by atoms with van der Waals surface area (Å²) >= 11 is 0. The summed E-state index contributed by atoms with van der Waals surface area (Å²) in [6.07, 6.45) is 2.51. The maximum absolute atomic E-state index is 3.63. The Morgan fingerprint density at radius 3 is 2.57 bits per heavy atom. The highest BCUT2D eigenvalue weighted by Gasteiger charge is 2.33. The Balaban J connectivity index is 2.65. The van der Waals surface area contributed by atoms with Crippen LogP contribution in [-0.4, -0.2) is 35.6 Å². The molecule has 84 valence electrons. The average Bonchev–Trinajstić information content (AvgIpc) is 2.15. The van der Waals surface area contributed by atoms with Crippen molar-refractivity contribution in [1.82, 2.24) is 10.2 Å². The highest BCUT2D eigenvalue weighted by Crippen LogP contribution is 2.20. The minimum Gasteiger partial charge on any atom is -0.309 e. The average molecular weight is 198 g/mol. The molecule has 0 radical (unpaired) electrons. The van der Waals surface area contributed by atoms with Gasteiger partial charge in [-0.3, -0.25) is 4.90 Å². The zero-order chi connectivity index (χ0) is 10.8. The Morgan fingerprint density at radius 2 is 2.07 bits per heavy atom. The van der Waals surface area contributed by atoms with Crippen LogP contribution in [-0.2, 0) is 0 Å². The molecule has 2 unspecified atom stereocenters. The predicted molar refractivity (Wildman–Crippen MR) is 62.6 cm³/mol. The lowest BCUT2D eigenvalue weighted by atomic mass is 9.95. The molecule has 1 aliphatic rings. The van der Waals surface area contributed by atoms with Gasteiger partial charge in [0.15, 0.2) is 0 Å². The molecule has 0 amide bonds. The second-order valence-electron chi connectivity index (χ2n) is 5.26. The lowest BCUT2D eigenvalue weighted by molar-refractivity contribution is 0.0570. The Kier molecular flexibility index (Phi) is 3.96. The second kappa shape index (κ2) is 4.63. The van der Waals surface area contributed by atoms with Crippen molar-refractivity contribution in [1.29, 1.82) is 0 Å². The molecule has 1 saturated heterocycles. The Labute approximate surface area is 89.1 Å². The highest BCUT2D eigenvalue weighted by molar-refractivity contribution is 4.93. The van der Waals surface area contributed by atoms with E-state index >= 15 is 0 Å². The van der Waals surface area contributed by atoms with Crippen molar-refractivity contribution >= 4 is 0 Å². The monoisotopic (exact) mass is 198 g/mol. The molecule has 2 nitrogen and oxygen atoms in total. The van der Waals surface area contributed by atoms with Gasteiger partial charge >= 0.3 is 0 Å².